The van der Waals surface area contributed by atoms with Gasteiger partial charge in [-0.05, 0) is 115 Å². The molecule has 0 saturated heterocycles. The van der Waals surface area contributed by atoms with Crippen molar-refractivity contribution in [3.05, 3.63) is 217 Å². The number of hydrogen-bond acceptors (Lipinski definition) is 3. The second-order valence-corrected chi connectivity index (χ2v) is 18.0. The fourth-order valence-corrected chi connectivity index (χ4v) is 10.9. The van der Waals surface area contributed by atoms with Crippen LogP contribution in [0.3, 0.4) is 0 Å². The lowest BCUT2D eigenvalue weighted by molar-refractivity contribution is 0.666. The van der Waals surface area contributed by atoms with Crippen LogP contribution < -0.4 is 0 Å². The lowest BCUT2D eigenvalue weighted by atomic mass is 9.79. The molecule has 11 aromatic rings. The first kappa shape index (κ1) is 36.4. The van der Waals surface area contributed by atoms with Crippen LogP contribution in [0.15, 0.2) is 206 Å². The predicted molar refractivity (Wildman–Crippen MR) is 263 cm³/mol. The lowest BCUT2D eigenvalue weighted by Crippen LogP contribution is -2.15. The van der Waals surface area contributed by atoms with Crippen molar-refractivity contribution in [2.45, 2.75) is 19.3 Å². The van der Waals surface area contributed by atoms with Gasteiger partial charge in [-0.15, -0.1) is 11.3 Å². The van der Waals surface area contributed by atoms with Crippen molar-refractivity contribution in [2.75, 3.05) is 0 Å². The highest BCUT2D eigenvalue weighted by Crippen LogP contribution is 2.52. The van der Waals surface area contributed by atoms with E-state index in [0.717, 1.165) is 50.3 Å². The normalized spacial score (nSPS) is 12.8. The Morgan fingerprint density at radius 2 is 0.968 bits per heavy atom. The maximum Gasteiger partial charge on any atom is 0.160 e. The van der Waals surface area contributed by atoms with Gasteiger partial charge in [0.15, 0.2) is 5.82 Å². The van der Waals surface area contributed by atoms with Crippen LogP contribution in [-0.2, 0) is 5.41 Å². The highest BCUT2D eigenvalue weighted by molar-refractivity contribution is 7.25. The summed E-state index contributed by atoms with van der Waals surface area (Å²) in [6.45, 7) is 4.75. The topological polar surface area (TPSA) is 25.8 Å². The number of benzene rings is 9. The minimum atomic E-state index is -0.165. The zero-order chi connectivity index (χ0) is 41.4. The molecule has 3 heteroatoms. The first-order valence-corrected chi connectivity index (χ1v) is 22.1. The zero-order valence-electron chi connectivity index (χ0n) is 34.4. The minimum Gasteiger partial charge on any atom is -0.228 e. The van der Waals surface area contributed by atoms with E-state index in [0.29, 0.717) is 5.82 Å². The molecule has 0 fully saturated rings. The molecule has 292 valence electrons. The summed E-state index contributed by atoms with van der Waals surface area (Å²) >= 11 is 1.85. The number of rotatable bonds is 6. The zero-order valence-corrected chi connectivity index (χ0v) is 35.2. The van der Waals surface area contributed by atoms with Crippen molar-refractivity contribution in [3.8, 4) is 78.4 Å². The molecule has 0 unspecified atom stereocenters. The maximum absolute atomic E-state index is 5.36. The first-order valence-electron chi connectivity index (χ1n) is 21.3. The number of aromatic nitrogens is 2. The van der Waals surface area contributed by atoms with Crippen molar-refractivity contribution in [1.82, 2.24) is 9.97 Å². The summed E-state index contributed by atoms with van der Waals surface area (Å²) in [5.74, 6) is 0.697. The van der Waals surface area contributed by atoms with Crippen LogP contribution in [0.1, 0.15) is 25.0 Å². The van der Waals surface area contributed by atoms with E-state index in [1.54, 1.807) is 0 Å². The van der Waals surface area contributed by atoms with Crippen molar-refractivity contribution in [3.63, 3.8) is 0 Å². The third-order valence-electron chi connectivity index (χ3n) is 12.9. The smallest absolute Gasteiger partial charge is 0.160 e. The molecular formula is C59H40N2S. The molecule has 2 heterocycles. The van der Waals surface area contributed by atoms with Crippen molar-refractivity contribution in [1.29, 1.82) is 0 Å². The van der Waals surface area contributed by atoms with E-state index in [1.165, 1.54) is 64.3 Å². The molecule has 2 aromatic heterocycles. The Morgan fingerprint density at radius 3 is 1.79 bits per heavy atom. The summed E-state index contributed by atoms with van der Waals surface area (Å²) in [6, 6.07) is 74.9. The lowest BCUT2D eigenvalue weighted by Gasteiger charge is -2.24. The second-order valence-electron chi connectivity index (χ2n) is 16.9. The molecule has 9 aromatic carbocycles. The summed E-state index contributed by atoms with van der Waals surface area (Å²) in [6.07, 6.45) is 0. The van der Waals surface area contributed by atoms with Crippen molar-refractivity contribution in [2.24, 2.45) is 0 Å². The Kier molecular flexibility index (Phi) is 8.41. The van der Waals surface area contributed by atoms with Gasteiger partial charge in [0, 0.05) is 42.3 Å². The van der Waals surface area contributed by atoms with Crippen molar-refractivity contribution >= 4 is 42.3 Å². The molecule has 0 amide bonds. The summed E-state index contributed by atoms with van der Waals surface area (Å²) in [5.41, 5.74) is 17.0. The number of thiophene rings is 1. The average molecular weight is 809 g/mol. The van der Waals surface area contributed by atoms with Crippen LogP contribution in [0.2, 0.25) is 0 Å². The van der Waals surface area contributed by atoms with Crippen LogP contribution in [-0.4, -0.2) is 9.97 Å². The van der Waals surface area contributed by atoms with E-state index < -0.39 is 0 Å². The van der Waals surface area contributed by atoms with E-state index in [2.05, 4.69) is 214 Å². The van der Waals surface area contributed by atoms with Gasteiger partial charge >= 0.3 is 0 Å². The molecule has 1 aliphatic rings. The quantitative estimate of drug-likeness (QED) is 0.167. The van der Waals surface area contributed by atoms with Crippen LogP contribution in [0.5, 0.6) is 0 Å². The molecule has 0 N–H and O–H groups in total. The summed E-state index contributed by atoms with van der Waals surface area (Å²) in [7, 11) is 0. The summed E-state index contributed by atoms with van der Waals surface area (Å²) < 4.78 is 2.61. The van der Waals surface area contributed by atoms with Gasteiger partial charge < -0.3 is 0 Å². The fourth-order valence-electron chi connectivity index (χ4n) is 9.82. The molecule has 0 bridgehead atoms. The van der Waals surface area contributed by atoms with Crippen LogP contribution in [0, 0.1) is 0 Å². The molecule has 0 aliphatic heterocycles. The molecule has 0 radical (unpaired) electrons. The number of fused-ring (bicyclic) bond motifs is 8. The van der Waals surface area contributed by atoms with Gasteiger partial charge in [0.1, 0.15) is 0 Å². The largest absolute Gasteiger partial charge is 0.228 e. The van der Waals surface area contributed by atoms with Gasteiger partial charge in [-0.25, -0.2) is 9.97 Å². The maximum atomic E-state index is 5.36. The molecule has 12 rings (SSSR count). The summed E-state index contributed by atoms with van der Waals surface area (Å²) in [5, 5.41) is 5.19. The van der Waals surface area contributed by atoms with E-state index in [9.17, 15) is 0 Å². The van der Waals surface area contributed by atoms with E-state index in [1.807, 2.05) is 17.4 Å². The molecule has 0 spiro atoms. The highest BCUT2D eigenvalue weighted by atomic mass is 32.1. The Labute approximate surface area is 365 Å². The fraction of sp³-hybridized carbons (Fsp3) is 0.0508. The second kappa shape index (κ2) is 14.3. The molecule has 0 atom stereocenters. The third kappa shape index (κ3) is 6.00. The highest BCUT2D eigenvalue weighted by Gasteiger charge is 2.37. The van der Waals surface area contributed by atoms with E-state index in [-0.39, 0.29) is 5.41 Å². The van der Waals surface area contributed by atoms with Crippen molar-refractivity contribution < 1.29 is 0 Å². The molecular weight excluding hydrogens is 769 g/mol. The van der Waals surface area contributed by atoms with E-state index >= 15 is 0 Å². The molecule has 2 nitrogen and oxygen atoms in total. The van der Waals surface area contributed by atoms with Gasteiger partial charge in [-0.1, -0.05) is 172 Å². The van der Waals surface area contributed by atoms with Gasteiger partial charge in [0.25, 0.3) is 0 Å². The van der Waals surface area contributed by atoms with Gasteiger partial charge in [0.2, 0.25) is 0 Å². The van der Waals surface area contributed by atoms with Gasteiger partial charge in [-0.3, -0.25) is 0 Å². The van der Waals surface area contributed by atoms with E-state index in [4.69, 9.17) is 9.97 Å². The third-order valence-corrected chi connectivity index (χ3v) is 14.0. The Hall–Kier alpha value is -7.46. The Bertz CT molecular complexity index is 3540. The standard InChI is InChI=1S/C59H40N2S/c1-59(2)52-35-41(26-28-47(52)50-29-25-38-17-9-10-21-46(38)57(50)59)45-20-11-12-22-48(45)54-36-53(60-58(61-54)39-18-7-4-8-19-39)44-32-42(37-15-5-3-6-16-37)31-43(33-44)40-27-30-56-51(34-40)49-23-13-14-24-55(49)62-56/h3-36H,1-2H3. The summed E-state index contributed by atoms with van der Waals surface area (Å²) in [4.78, 5) is 10.7. The minimum absolute atomic E-state index is 0.165. The molecule has 62 heavy (non-hydrogen) atoms. The van der Waals surface area contributed by atoms with Gasteiger partial charge in [-0.2, -0.15) is 0 Å². The Balaban J connectivity index is 1.03. The monoisotopic (exact) mass is 808 g/mol. The van der Waals surface area contributed by atoms with Gasteiger partial charge in [0.05, 0.1) is 11.4 Å². The Morgan fingerprint density at radius 1 is 0.355 bits per heavy atom. The average Bonchev–Trinajstić information content (AvgIpc) is 3.82. The molecule has 0 saturated carbocycles. The SMILES string of the molecule is CC1(C)c2cc(-c3ccccc3-c3cc(-c4cc(-c5ccccc5)cc(-c5ccc6sc7ccccc7c6c5)c4)nc(-c4ccccc4)n3)ccc2-c2ccc3ccccc3c21. The first-order chi connectivity index (χ1) is 30.5. The number of hydrogen-bond donors (Lipinski definition) is 0. The van der Waals surface area contributed by atoms with Crippen LogP contribution >= 0.6 is 11.3 Å². The predicted octanol–water partition coefficient (Wildman–Crippen LogP) is 16.3. The molecule has 1 aliphatic carbocycles. The van der Waals surface area contributed by atoms with Crippen LogP contribution in [0.4, 0.5) is 0 Å². The van der Waals surface area contributed by atoms with Crippen LogP contribution in [0.25, 0.3) is 109 Å². The number of nitrogens with zero attached hydrogens (tertiary/aromatic N) is 2.